The van der Waals surface area contributed by atoms with Crippen molar-refractivity contribution in [2.45, 2.75) is 62.7 Å². The lowest BCUT2D eigenvalue weighted by Crippen LogP contribution is -2.16. The molecular weight excluding hydrogens is 456 g/mol. The van der Waals surface area contributed by atoms with Crippen molar-refractivity contribution in [2.75, 3.05) is 7.11 Å². The molecule has 0 bridgehead atoms. The van der Waals surface area contributed by atoms with Crippen LogP contribution in [0.5, 0.6) is 5.75 Å². The molecule has 2 aliphatic carbocycles. The number of aromatic nitrogens is 1. The number of amides is 1. The molecule has 35 heavy (non-hydrogen) atoms. The molecule has 180 valence electrons. The van der Waals surface area contributed by atoms with Crippen LogP contribution in [-0.2, 0) is 11.3 Å². The SMILES string of the molecule is COc1ccc2c(c1)C=C(C=O)Cn1c-2c(C2CCCCC2)c2ccc(C(=O)NSC3CC3)cc21. The normalized spacial score (nSPS) is 17.8. The zero-order valence-corrected chi connectivity index (χ0v) is 20.8. The van der Waals surface area contributed by atoms with Crippen LogP contribution >= 0.6 is 11.9 Å². The smallest absolute Gasteiger partial charge is 0.261 e. The second-order valence-electron chi connectivity index (χ2n) is 9.95. The van der Waals surface area contributed by atoms with E-state index in [1.807, 2.05) is 30.3 Å². The van der Waals surface area contributed by atoms with E-state index >= 15 is 0 Å². The number of hydrogen-bond donors (Lipinski definition) is 1. The minimum absolute atomic E-state index is 0.0523. The third-order valence-corrected chi connectivity index (χ3v) is 8.68. The maximum absolute atomic E-state index is 12.9. The Bertz CT molecular complexity index is 1350. The van der Waals surface area contributed by atoms with Crippen molar-refractivity contribution < 1.29 is 14.3 Å². The highest BCUT2D eigenvalue weighted by Gasteiger charge is 2.30. The topological polar surface area (TPSA) is 60.3 Å². The van der Waals surface area contributed by atoms with E-state index in [0.29, 0.717) is 28.8 Å². The molecule has 0 saturated heterocycles. The minimum Gasteiger partial charge on any atom is -0.497 e. The molecule has 1 aliphatic heterocycles. The van der Waals surface area contributed by atoms with Crippen molar-refractivity contribution in [3.8, 4) is 17.0 Å². The highest BCUT2D eigenvalue weighted by molar-refractivity contribution is 7.98. The van der Waals surface area contributed by atoms with Crippen LogP contribution < -0.4 is 9.46 Å². The lowest BCUT2D eigenvalue weighted by atomic mass is 9.81. The molecule has 2 heterocycles. The summed E-state index contributed by atoms with van der Waals surface area (Å²) in [5, 5.41) is 1.76. The molecule has 0 atom stereocenters. The summed E-state index contributed by atoms with van der Waals surface area (Å²) >= 11 is 1.54. The fourth-order valence-corrected chi connectivity index (χ4v) is 6.42. The van der Waals surface area contributed by atoms with Crippen LogP contribution in [0.2, 0.25) is 0 Å². The number of methoxy groups -OCH3 is 1. The molecule has 2 fully saturated rings. The van der Waals surface area contributed by atoms with E-state index in [1.54, 1.807) is 7.11 Å². The fourth-order valence-electron chi connectivity index (χ4n) is 5.66. The molecule has 0 spiro atoms. The van der Waals surface area contributed by atoms with Crippen LogP contribution in [0, 0.1) is 0 Å². The lowest BCUT2D eigenvalue weighted by molar-refractivity contribution is -0.105. The fraction of sp³-hybridized carbons (Fsp3) is 0.379. The van der Waals surface area contributed by atoms with Crippen molar-refractivity contribution in [1.29, 1.82) is 0 Å². The summed E-state index contributed by atoms with van der Waals surface area (Å²) in [6.07, 6.45) is 11.4. The molecule has 5 nitrogen and oxygen atoms in total. The van der Waals surface area contributed by atoms with E-state index in [9.17, 15) is 9.59 Å². The van der Waals surface area contributed by atoms with Gasteiger partial charge in [0, 0.05) is 32.9 Å². The Morgan fingerprint density at radius 1 is 1.09 bits per heavy atom. The van der Waals surface area contributed by atoms with Crippen LogP contribution in [0.25, 0.3) is 28.2 Å². The van der Waals surface area contributed by atoms with Gasteiger partial charge in [-0.1, -0.05) is 25.3 Å². The molecule has 0 unspecified atom stereocenters. The van der Waals surface area contributed by atoms with E-state index in [1.165, 1.54) is 73.5 Å². The second-order valence-corrected chi connectivity index (χ2v) is 11.1. The highest BCUT2D eigenvalue weighted by atomic mass is 32.2. The van der Waals surface area contributed by atoms with Gasteiger partial charge in [-0.2, -0.15) is 0 Å². The Kier molecular flexibility index (Phi) is 5.93. The van der Waals surface area contributed by atoms with Crippen LogP contribution in [0.15, 0.2) is 42.0 Å². The lowest BCUT2D eigenvalue weighted by Gasteiger charge is -2.24. The maximum Gasteiger partial charge on any atom is 0.261 e. The number of nitrogens with one attached hydrogen (secondary N) is 1. The molecule has 1 N–H and O–H groups in total. The van der Waals surface area contributed by atoms with Gasteiger partial charge in [0.15, 0.2) is 0 Å². The van der Waals surface area contributed by atoms with Gasteiger partial charge in [0.2, 0.25) is 0 Å². The van der Waals surface area contributed by atoms with Crippen molar-refractivity contribution in [3.63, 3.8) is 0 Å². The van der Waals surface area contributed by atoms with Crippen LogP contribution in [0.3, 0.4) is 0 Å². The molecule has 2 saturated carbocycles. The summed E-state index contributed by atoms with van der Waals surface area (Å²) in [6.45, 7) is 0.487. The monoisotopic (exact) mass is 486 g/mol. The third-order valence-electron chi connectivity index (χ3n) is 7.57. The van der Waals surface area contributed by atoms with Gasteiger partial charge in [0.05, 0.1) is 19.3 Å². The van der Waals surface area contributed by atoms with Crippen LogP contribution in [0.1, 0.15) is 72.3 Å². The average Bonchev–Trinajstić information content (AvgIpc) is 3.70. The summed E-state index contributed by atoms with van der Waals surface area (Å²) in [6, 6.07) is 12.2. The number of ether oxygens (including phenoxy) is 1. The highest BCUT2D eigenvalue weighted by Crippen LogP contribution is 2.47. The predicted octanol–water partition coefficient (Wildman–Crippen LogP) is 6.50. The Morgan fingerprint density at radius 2 is 1.91 bits per heavy atom. The molecule has 6 rings (SSSR count). The number of hydrogen-bond acceptors (Lipinski definition) is 4. The van der Waals surface area contributed by atoms with Crippen LogP contribution in [0.4, 0.5) is 0 Å². The van der Waals surface area contributed by atoms with Gasteiger partial charge in [-0.15, -0.1) is 0 Å². The van der Waals surface area contributed by atoms with Crippen LogP contribution in [-0.4, -0.2) is 29.1 Å². The first-order valence-electron chi connectivity index (χ1n) is 12.6. The number of aldehydes is 1. The first-order chi connectivity index (χ1) is 17.2. The van der Waals surface area contributed by atoms with Gasteiger partial charge in [0.25, 0.3) is 5.91 Å². The number of benzene rings is 2. The largest absolute Gasteiger partial charge is 0.497 e. The molecule has 1 amide bonds. The van der Waals surface area contributed by atoms with Gasteiger partial charge < -0.3 is 9.30 Å². The van der Waals surface area contributed by atoms with E-state index in [2.05, 4.69) is 21.4 Å². The zero-order valence-electron chi connectivity index (χ0n) is 20.0. The van der Waals surface area contributed by atoms with Crippen molar-refractivity contribution in [1.82, 2.24) is 9.29 Å². The molecule has 3 aliphatic rings. The number of fused-ring (bicyclic) bond motifs is 5. The molecular formula is C29H30N2O3S. The molecule has 0 radical (unpaired) electrons. The van der Waals surface area contributed by atoms with E-state index in [0.717, 1.165) is 28.7 Å². The molecule has 6 heteroatoms. The van der Waals surface area contributed by atoms with Gasteiger partial charge in [-0.25, -0.2) is 0 Å². The van der Waals surface area contributed by atoms with Crippen molar-refractivity contribution in [3.05, 3.63) is 58.7 Å². The summed E-state index contributed by atoms with van der Waals surface area (Å²) < 4.78 is 10.8. The first-order valence-corrected chi connectivity index (χ1v) is 13.5. The van der Waals surface area contributed by atoms with Gasteiger partial charge in [-0.05, 0) is 91.1 Å². The van der Waals surface area contributed by atoms with Gasteiger partial charge in [0.1, 0.15) is 12.0 Å². The van der Waals surface area contributed by atoms with Crippen molar-refractivity contribution in [2.24, 2.45) is 0 Å². The van der Waals surface area contributed by atoms with Gasteiger partial charge >= 0.3 is 0 Å². The Balaban J connectivity index is 1.56. The van der Waals surface area contributed by atoms with Gasteiger partial charge in [-0.3, -0.25) is 14.3 Å². The second kappa shape index (κ2) is 9.23. The number of allylic oxidation sites excluding steroid dienone is 1. The number of carbonyl (C=O) groups excluding carboxylic acids is 2. The number of carbonyl (C=O) groups is 2. The number of nitrogens with zero attached hydrogens (tertiary/aromatic N) is 1. The standard InChI is InChI=1S/C29H30N2O3S/c1-34-22-8-12-24-21(14-22)13-18(17-32)16-31-26-15-20(29(33)30-35-23-9-10-23)7-11-25(26)27(28(24)31)19-5-3-2-4-6-19/h7-8,11-15,17,19,23H,2-6,9-10,16H2,1H3,(H,30,33). The van der Waals surface area contributed by atoms with E-state index < -0.39 is 0 Å². The molecule has 2 aromatic carbocycles. The Labute approximate surface area is 210 Å². The quantitative estimate of drug-likeness (QED) is 0.319. The summed E-state index contributed by atoms with van der Waals surface area (Å²) in [5.41, 5.74) is 7.08. The molecule has 1 aromatic heterocycles. The minimum atomic E-state index is -0.0523. The Hall–Kier alpha value is -2.99. The average molecular weight is 487 g/mol. The first kappa shape index (κ1) is 22.5. The maximum atomic E-state index is 12.9. The summed E-state index contributed by atoms with van der Waals surface area (Å²) in [5.74, 6) is 1.20. The van der Waals surface area contributed by atoms with E-state index in [-0.39, 0.29) is 5.91 Å². The zero-order chi connectivity index (χ0) is 23.9. The summed E-state index contributed by atoms with van der Waals surface area (Å²) in [7, 11) is 1.67. The Morgan fingerprint density at radius 3 is 2.66 bits per heavy atom. The number of rotatable bonds is 6. The van der Waals surface area contributed by atoms with E-state index in [4.69, 9.17) is 4.74 Å². The third kappa shape index (κ3) is 4.18. The summed E-state index contributed by atoms with van der Waals surface area (Å²) in [4.78, 5) is 25.0. The van der Waals surface area contributed by atoms with Crippen molar-refractivity contribution >= 4 is 41.1 Å². The predicted molar refractivity (Wildman–Crippen MR) is 142 cm³/mol. The molecule has 3 aromatic rings.